The van der Waals surface area contributed by atoms with Crippen LogP contribution in [0, 0.1) is 5.92 Å². The summed E-state index contributed by atoms with van der Waals surface area (Å²) in [6.45, 7) is 4.04. The Labute approximate surface area is 100 Å². The van der Waals surface area contributed by atoms with Crippen molar-refractivity contribution in [3.63, 3.8) is 0 Å². The Hall–Kier alpha value is -0.220. The Morgan fingerprint density at radius 1 is 1.50 bits per heavy atom. The van der Waals surface area contributed by atoms with Crippen LogP contribution in [0.25, 0.3) is 0 Å². The molecule has 1 aromatic heterocycles. The smallest absolute Gasteiger partial charge is 0.182 e. The van der Waals surface area contributed by atoms with E-state index in [0.29, 0.717) is 18.0 Å². The van der Waals surface area contributed by atoms with E-state index in [1.165, 1.54) is 0 Å². The highest BCUT2D eigenvalue weighted by Gasteiger charge is 2.13. The minimum Gasteiger partial charge on any atom is -0.292 e. The molecule has 0 atom stereocenters. The summed E-state index contributed by atoms with van der Waals surface area (Å²) in [5.41, 5.74) is 0.516. The lowest BCUT2D eigenvalue weighted by Crippen LogP contribution is -2.06. The van der Waals surface area contributed by atoms with E-state index in [4.69, 9.17) is 0 Å². The van der Waals surface area contributed by atoms with Crippen molar-refractivity contribution in [1.29, 1.82) is 0 Å². The van der Waals surface area contributed by atoms with Gasteiger partial charge in [-0.25, -0.2) is 0 Å². The summed E-state index contributed by atoms with van der Waals surface area (Å²) in [6, 6.07) is 1.83. The molecule has 0 N–H and O–H groups in total. The zero-order chi connectivity index (χ0) is 10.7. The summed E-state index contributed by atoms with van der Waals surface area (Å²) >= 11 is 6.62. The SMILES string of the molecule is CC(C)CC(=O)c1ncc(Br)cc1Br. The van der Waals surface area contributed by atoms with Crippen LogP contribution in [0.3, 0.4) is 0 Å². The van der Waals surface area contributed by atoms with Gasteiger partial charge in [0.25, 0.3) is 0 Å². The molecule has 0 spiro atoms. The molecule has 4 heteroatoms. The molecule has 0 saturated heterocycles. The molecule has 76 valence electrons. The Morgan fingerprint density at radius 2 is 2.14 bits per heavy atom. The molecule has 1 aromatic rings. The minimum atomic E-state index is 0.0828. The topological polar surface area (TPSA) is 30.0 Å². The lowest BCUT2D eigenvalue weighted by molar-refractivity contribution is 0.0962. The molecule has 1 heterocycles. The van der Waals surface area contributed by atoms with Gasteiger partial charge < -0.3 is 0 Å². The van der Waals surface area contributed by atoms with Gasteiger partial charge in [0.05, 0.1) is 0 Å². The van der Waals surface area contributed by atoms with Crippen LogP contribution in [0.15, 0.2) is 21.2 Å². The molecule has 0 aliphatic heterocycles. The molecule has 0 bridgehead atoms. The molecule has 0 unspecified atom stereocenters. The standard InChI is InChI=1S/C10H11Br2NO/c1-6(2)3-9(14)10-8(12)4-7(11)5-13-10/h4-6H,3H2,1-2H3. The molecule has 0 aromatic carbocycles. The van der Waals surface area contributed by atoms with E-state index in [-0.39, 0.29) is 5.78 Å². The Morgan fingerprint density at radius 3 is 2.64 bits per heavy atom. The van der Waals surface area contributed by atoms with Crippen LogP contribution in [0.4, 0.5) is 0 Å². The molecule has 1 rings (SSSR count). The maximum Gasteiger partial charge on any atom is 0.182 e. The number of pyridine rings is 1. The summed E-state index contributed by atoms with van der Waals surface area (Å²) in [6.07, 6.45) is 2.17. The third-order valence-corrected chi connectivity index (χ3v) is 2.70. The van der Waals surface area contributed by atoms with Gasteiger partial charge in [-0.2, -0.15) is 0 Å². The molecule has 14 heavy (non-hydrogen) atoms. The monoisotopic (exact) mass is 319 g/mol. The van der Waals surface area contributed by atoms with Crippen molar-refractivity contribution in [3.8, 4) is 0 Å². The van der Waals surface area contributed by atoms with Crippen molar-refractivity contribution in [3.05, 3.63) is 26.9 Å². The van der Waals surface area contributed by atoms with E-state index in [0.717, 1.165) is 8.95 Å². The second-order valence-corrected chi connectivity index (χ2v) is 5.28. The number of carbonyl (C=O) groups is 1. The molecule has 0 amide bonds. The van der Waals surface area contributed by atoms with Gasteiger partial charge in [0.2, 0.25) is 0 Å². The molecule has 0 aliphatic rings. The summed E-state index contributed by atoms with van der Waals surface area (Å²) < 4.78 is 1.61. The van der Waals surface area contributed by atoms with Crippen LogP contribution in [0.1, 0.15) is 30.8 Å². The lowest BCUT2D eigenvalue weighted by atomic mass is 10.1. The summed E-state index contributed by atoms with van der Waals surface area (Å²) in [4.78, 5) is 15.8. The van der Waals surface area contributed by atoms with Crippen molar-refractivity contribution in [2.24, 2.45) is 5.92 Å². The average Bonchev–Trinajstić information content (AvgIpc) is 2.01. The number of Topliss-reactive ketones (excluding diaryl/α,β-unsaturated/α-hetero) is 1. The van der Waals surface area contributed by atoms with E-state index in [2.05, 4.69) is 36.8 Å². The first-order chi connectivity index (χ1) is 6.50. The van der Waals surface area contributed by atoms with Crippen molar-refractivity contribution in [2.75, 3.05) is 0 Å². The van der Waals surface area contributed by atoms with Crippen molar-refractivity contribution in [2.45, 2.75) is 20.3 Å². The van der Waals surface area contributed by atoms with Gasteiger partial charge in [-0.3, -0.25) is 9.78 Å². The van der Waals surface area contributed by atoms with E-state index >= 15 is 0 Å². The minimum absolute atomic E-state index is 0.0828. The fourth-order valence-corrected chi connectivity index (χ4v) is 2.30. The fraction of sp³-hybridized carbons (Fsp3) is 0.400. The van der Waals surface area contributed by atoms with Gasteiger partial charge in [0.1, 0.15) is 5.69 Å². The number of hydrogen-bond acceptors (Lipinski definition) is 2. The lowest BCUT2D eigenvalue weighted by Gasteiger charge is -2.05. The van der Waals surface area contributed by atoms with Gasteiger partial charge >= 0.3 is 0 Å². The van der Waals surface area contributed by atoms with Gasteiger partial charge in [0.15, 0.2) is 5.78 Å². The highest BCUT2D eigenvalue weighted by atomic mass is 79.9. The summed E-state index contributed by atoms with van der Waals surface area (Å²) in [5, 5.41) is 0. The first-order valence-corrected chi connectivity index (χ1v) is 5.93. The first kappa shape index (κ1) is 11.9. The molecular formula is C10H11Br2NO. The molecule has 0 aliphatic carbocycles. The van der Waals surface area contributed by atoms with Gasteiger partial charge in [-0.05, 0) is 43.8 Å². The zero-order valence-corrected chi connectivity index (χ0v) is 11.2. The van der Waals surface area contributed by atoms with Crippen LogP contribution in [-0.4, -0.2) is 10.8 Å². The second kappa shape index (κ2) is 5.03. The van der Waals surface area contributed by atoms with Crippen molar-refractivity contribution >= 4 is 37.6 Å². The van der Waals surface area contributed by atoms with Gasteiger partial charge in [-0.15, -0.1) is 0 Å². The van der Waals surface area contributed by atoms with Crippen LogP contribution < -0.4 is 0 Å². The molecular weight excluding hydrogens is 310 g/mol. The number of carbonyl (C=O) groups excluding carboxylic acids is 1. The number of rotatable bonds is 3. The van der Waals surface area contributed by atoms with E-state index in [1.54, 1.807) is 6.20 Å². The van der Waals surface area contributed by atoms with Crippen LogP contribution in [0.5, 0.6) is 0 Å². The highest BCUT2D eigenvalue weighted by molar-refractivity contribution is 9.11. The maximum absolute atomic E-state index is 11.7. The second-order valence-electron chi connectivity index (χ2n) is 3.51. The normalized spacial score (nSPS) is 10.6. The van der Waals surface area contributed by atoms with Gasteiger partial charge in [-0.1, -0.05) is 13.8 Å². The Bertz CT molecular complexity index is 350. The predicted molar refractivity (Wildman–Crippen MR) is 63.4 cm³/mol. The molecule has 2 nitrogen and oxygen atoms in total. The van der Waals surface area contributed by atoms with E-state index < -0.39 is 0 Å². The first-order valence-electron chi connectivity index (χ1n) is 4.35. The number of hydrogen-bond donors (Lipinski definition) is 0. The van der Waals surface area contributed by atoms with E-state index in [1.807, 2.05) is 19.9 Å². The number of halogens is 2. The highest BCUT2D eigenvalue weighted by Crippen LogP contribution is 2.21. The summed E-state index contributed by atoms with van der Waals surface area (Å²) in [5.74, 6) is 0.444. The van der Waals surface area contributed by atoms with E-state index in [9.17, 15) is 4.79 Å². The third kappa shape index (κ3) is 3.17. The van der Waals surface area contributed by atoms with Gasteiger partial charge in [0, 0.05) is 21.6 Å². The molecule has 0 saturated carbocycles. The van der Waals surface area contributed by atoms with Crippen LogP contribution >= 0.6 is 31.9 Å². The molecule has 0 fully saturated rings. The Balaban J connectivity index is 2.90. The van der Waals surface area contributed by atoms with Crippen molar-refractivity contribution in [1.82, 2.24) is 4.98 Å². The predicted octanol–water partition coefficient (Wildman–Crippen LogP) is 3.84. The van der Waals surface area contributed by atoms with Crippen LogP contribution in [0.2, 0.25) is 0 Å². The number of nitrogens with zero attached hydrogens (tertiary/aromatic N) is 1. The third-order valence-electron chi connectivity index (χ3n) is 1.67. The largest absolute Gasteiger partial charge is 0.292 e. The summed E-state index contributed by atoms with van der Waals surface area (Å²) in [7, 11) is 0. The quantitative estimate of drug-likeness (QED) is 0.792. The fourth-order valence-electron chi connectivity index (χ4n) is 1.09. The maximum atomic E-state index is 11.7. The van der Waals surface area contributed by atoms with Crippen LogP contribution in [-0.2, 0) is 0 Å². The number of ketones is 1. The zero-order valence-electron chi connectivity index (χ0n) is 8.05. The Kier molecular flexibility index (Phi) is 4.26. The van der Waals surface area contributed by atoms with Crippen molar-refractivity contribution < 1.29 is 4.79 Å². The average molecular weight is 321 g/mol. The number of aromatic nitrogens is 1. The molecule has 0 radical (unpaired) electrons.